The molecule has 2 saturated carbocycles. The number of imide groups is 1. The Morgan fingerprint density at radius 2 is 1.80 bits per heavy atom. The summed E-state index contributed by atoms with van der Waals surface area (Å²) in [6, 6.07) is 8.27. The Balaban J connectivity index is 0.769. The van der Waals surface area contributed by atoms with Gasteiger partial charge >= 0.3 is 5.69 Å². The van der Waals surface area contributed by atoms with Gasteiger partial charge in [0.1, 0.15) is 18.1 Å². The minimum Gasteiger partial charge on any atom is -0.444 e. The lowest BCUT2D eigenvalue weighted by atomic mass is 9.85. The van der Waals surface area contributed by atoms with Crippen molar-refractivity contribution < 1.29 is 27.6 Å². The lowest BCUT2D eigenvalue weighted by Crippen LogP contribution is -2.44. The highest BCUT2D eigenvalue weighted by Crippen LogP contribution is 2.36. The molecule has 5 aromatic rings. The van der Waals surface area contributed by atoms with E-state index < -0.39 is 30.0 Å². The van der Waals surface area contributed by atoms with Gasteiger partial charge in [0.2, 0.25) is 17.7 Å². The van der Waals surface area contributed by atoms with Crippen LogP contribution >= 0.6 is 0 Å². The lowest BCUT2D eigenvalue weighted by Gasteiger charge is -2.35. The Morgan fingerprint density at radius 1 is 1.02 bits per heavy atom. The molecule has 318 valence electrons. The van der Waals surface area contributed by atoms with Crippen LogP contribution in [0.4, 0.5) is 20.3 Å². The number of nitrogens with zero attached hydrogens (tertiary/aromatic N) is 7. The van der Waals surface area contributed by atoms with Crippen molar-refractivity contribution in [2.24, 2.45) is 24.8 Å². The van der Waals surface area contributed by atoms with Crippen molar-refractivity contribution in [2.75, 3.05) is 36.8 Å². The SMILES string of the molecule is Cn1c(=O)n(C2CCC(=O)NC2=O)c2cccc(C#CC3CCN(C[C@H]4CC[C@H](n5cc(NC(=O)c6coc(-c7ccnc(NCC8CC8)c7)n6)c(C(F)F)n5)CC4)CC3)c21. The molecule has 0 bridgehead atoms. The van der Waals surface area contributed by atoms with Crippen LogP contribution in [-0.4, -0.2) is 77.7 Å². The number of fused-ring (bicyclic) bond motifs is 1. The van der Waals surface area contributed by atoms with E-state index >= 15 is 0 Å². The number of carbonyl (C=O) groups excluding carboxylic acids is 3. The maximum atomic E-state index is 14.2. The number of aryl methyl sites for hydroxylation is 1. The van der Waals surface area contributed by atoms with E-state index in [1.165, 1.54) is 34.4 Å². The van der Waals surface area contributed by atoms with Crippen LogP contribution in [-0.2, 0) is 16.6 Å². The van der Waals surface area contributed by atoms with E-state index in [2.05, 4.69) is 47.8 Å². The number of pyridine rings is 1. The van der Waals surface area contributed by atoms with Gasteiger partial charge in [0, 0.05) is 50.4 Å². The number of alkyl halides is 2. The molecule has 4 aromatic heterocycles. The molecule has 0 spiro atoms. The summed E-state index contributed by atoms with van der Waals surface area (Å²) in [6.07, 6.45) is 9.65. The Kier molecular flexibility index (Phi) is 11.3. The maximum Gasteiger partial charge on any atom is 0.329 e. The van der Waals surface area contributed by atoms with E-state index in [0.717, 1.165) is 70.3 Å². The van der Waals surface area contributed by atoms with Crippen molar-refractivity contribution in [3.05, 3.63) is 76.4 Å². The molecule has 17 heteroatoms. The Morgan fingerprint density at radius 3 is 2.56 bits per heavy atom. The predicted octanol–water partition coefficient (Wildman–Crippen LogP) is 6.07. The molecule has 1 aromatic carbocycles. The van der Waals surface area contributed by atoms with Gasteiger partial charge in [-0.05, 0) is 107 Å². The molecule has 3 N–H and O–H groups in total. The third-order valence-corrected chi connectivity index (χ3v) is 12.6. The number of rotatable bonds is 11. The summed E-state index contributed by atoms with van der Waals surface area (Å²) in [7, 11) is 1.68. The second-order valence-corrected chi connectivity index (χ2v) is 16.8. The molecule has 6 heterocycles. The van der Waals surface area contributed by atoms with Gasteiger partial charge in [0.25, 0.3) is 12.3 Å². The quantitative estimate of drug-likeness (QED) is 0.105. The van der Waals surface area contributed by atoms with Crippen molar-refractivity contribution in [1.82, 2.24) is 39.1 Å². The number of benzene rings is 1. The monoisotopic (exact) mass is 834 g/mol. The van der Waals surface area contributed by atoms with Gasteiger partial charge in [0.05, 0.1) is 28.3 Å². The number of anilines is 2. The van der Waals surface area contributed by atoms with Crippen LogP contribution in [0.1, 0.15) is 104 Å². The van der Waals surface area contributed by atoms with E-state index in [1.54, 1.807) is 30.1 Å². The average molecular weight is 835 g/mol. The standard InChI is InChI=1S/C44H48F2N10O5/c1-53-39-29(3-2-4-34(39)56(44(53)60)35-13-14-37(57)51-42(35)59)10-7-26-16-19-54(20-17-26)23-28-8-11-31(12-9-28)55-24-32(38(52-55)40(45)46)49-41(58)33-25-61-43(50-33)30-15-18-47-36(21-30)48-22-27-5-6-27/h2-4,15,18,21,24-28,31,35,40H,5-6,8-9,11-14,16-17,19-20,22-23H2,1H3,(H,47,48)(H,49,58)(H,51,57,59)/t28-,31-,35?. The first-order valence-electron chi connectivity index (χ1n) is 21.2. The van der Waals surface area contributed by atoms with Crippen molar-refractivity contribution in [2.45, 2.75) is 82.7 Å². The zero-order chi connectivity index (χ0) is 42.2. The largest absolute Gasteiger partial charge is 0.444 e. The fourth-order valence-electron chi connectivity index (χ4n) is 8.94. The molecule has 4 aliphatic rings. The highest BCUT2D eigenvalue weighted by atomic mass is 19.3. The summed E-state index contributed by atoms with van der Waals surface area (Å²) < 4.78 is 38.5. The number of likely N-dealkylation sites (tertiary alicyclic amines) is 1. The molecule has 4 fully saturated rings. The van der Waals surface area contributed by atoms with Gasteiger partial charge in [-0.3, -0.25) is 33.5 Å². The van der Waals surface area contributed by atoms with Crippen molar-refractivity contribution in [3.8, 4) is 23.3 Å². The van der Waals surface area contributed by atoms with Crippen LogP contribution in [0.3, 0.4) is 0 Å². The Hall–Kier alpha value is -6.15. The molecule has 1 unspecified atom stereocenters. The topological polar surface area (TPSA) is 174 Å². The zero-order valence-electron chi connectivity index (χ0n) is 33.9. The molecule has 3 amide bonds. The maximum absolute atomic E-state index is 14.2. The lowest BCUT2D eigenvalue weighted by molar-refractivity contribution is -0.135. The number of para-hydroxylation sites is 1. The smallest absolute Gasteiger partial charge is 0.329 e. The molecule has 1 atom stereocenters. The number of halogens is 2. The van der Waals surface area contributed by atoms with Crippen molar-refractivity contribution >= 4 is 40.3 Å². The minimum absolute atomic E-state index is 0.0335. The molecule has 2 saturated heterocycles. The van der Waals surface area contributed by atoms with E-state index in [0.29, 0.717) is 34.3 Å². The number of carbonyl (C=O) groups is 3. The zero-order valence-corrected chi connectivity index (χ0v) is 33.9. The molecular formula is C44H48F2N10O5. The third kappa shape index (κ3) is 8.72. The van der Waals surface area contributed by atoms with Gasteiger partial charge < -0.3 is 20.0 Å². The van der Waals surface area contributed by atoms with Gasteiger partial charge in [-0.1, -0.05) is 17.9 Å². The van der Waals surface area contributed by atoms with Crippen molar-refractivity contribution in [3.63, 3.8) is 0 Å². The molecule has 9 rings (SSSR count). The van der Waals surface area contributed by atoms with Crippen LogP contribution in [0.5, 0.6) is 0 Å². The van der Waals surface area contributed by atoms with Crippen LogP contribution in [0.25, 0.3) is 22.5 Å². The molecule has 2 aliphatic carbocycles. The summed E-state index contributed by atoms with van der Waals surface area (Å²) in [4.78, 5) is 62.0. The normalized spacial score (nSPS) is 21.3. The number of amides is 3. The Bertz CT molecular complexity index is 2580. The van der Waals surface area contributed by atoms with Crippen LogP contribution in [0, 0.1) is 29.6 Å². The van der Waals surface area contributed by atoms with Gasteiger partial charge in [-0.25, -0.2) is 23.5 Å². The summed E-state index contributed by atoms with van der Waals surface area (Å²) in [6.45, 7) is 3.64. The number of piperidine rings is 2. The van der Waals surface area contributed by atoms with E-state index in [1.807, 2.05) is 18.2 Å². The second kappa shape index (κ2) is 17.1. The summed E-state index contributed by atoms with van der Waals surface area (Å²) in [5, 5.41) is 12.5. The summed E-state index contributed by atoms with van der Waals surface area (Å²) >= 11 is 0. The fraction of sp³-hybridized carbons (Fsp3) is 0.477. The van der Waals surface area contributed by atoms with Crippen LogP contribution in [0.2, 0.25) is 0 Å². The Labute approximate surface area is 350 Å². The number of nitrogens with one attached hydrogen (secondary N) is 3. The first-order chi connectivity index (χ1) is 29.6. The highest BCUT2D eigenvalue weighted by Gasteiger charge is 2.32. The third-order valence-electron chi connectivity index (χ3n) is 12.6. The number of hydrogen-bond acceptors (Lipinski definition) is 10. The second-order valence-electron chi connectivity index (χ2n) is 16.8. The summed E-state index contributed by atoms with van der Waals surface area (Å²) in [5.74, 6) is 7.59. The number of oxazole rings is 1. The van der Waals surface area contributed by atoms with Gasteiger partial charge in [-0.2, -0.15) is 5.10 Å². The van der Waals surface area contributed by atoms with Gasteiger partial charge in [0.15, 0.2) is 11.4 Å². The fourth-order valence-corrected chi connectivity index (χ4v) is 8.94. The molecule has 61 heavy (non-hydrogen) atoms. The minimum atomic E-state index is -2.87. The molecular weight excluding hydrogens is 787 g/mol. The van der Waals surface area contributed by atoms with E-state index in [9.17, 15) is 28.0 Å². The highest BCUT2D eigenvalue weighted by molar-refractivity contribution is 6.03. The first-order valence-corrected chi connectivity index (χ1v) is 21.2. The number of aromatic nitrogens is 6. The molecule has 15 nitrogen and oxygen atoms in total. The molecule has 2 aliphatic heterocycles. The van der Waals surface area contributed by atoms with Crippen molar-refractivity contribution in [1.29, 1.82) is 0 Å². The van der Waals surface area contributed by atoms with Gasteiger partial charge in [-0.15, -0.1) is 0 Å². The van der Waals surface area contributed by atoms with Crippen LogP contribution < -0.4 is 21.6 Å². The molecule has 0 radical (unpaired) electrons. The average Bonchev–Trinajstić information content (AvgIpc) is 3.67. The van der Waals surface area contributed by atoms with E-state index in [4.69, 9.17) is 4.42 Å². The van der Waals surface area contributed by atoms with E-state index in [-0.39, 0.29) is 53.7 Å². The summed E-state index contributed by atoms with van der Waals surface area (Å²) in [5.41, 5.74) is 1.80. The van der Waals surface area contributed by atoms with Crippen LogP contribution in [0.15, 0.2) is 58.2 Å². The predicted molar refractivity (Wildman–Crippen MR) is 222 cm³/mol. The number of hydrogen-bond donors (Lipinski definition) is 3. The number of imidazole rings is 1. The first kappa shape index (κ1) is 40.3.